The molecule has 1 aliphatic rings. The zero-order chi connectivity index (χ0) is 28.8. The van der Waals surface area contributed by atoms with Crippen LogP contribution in [0.1, 0.15) is 117 Å². The molecule has 2 unspecified atom stereocenters. The molecule has 3 amide bonds. The normalized spacial score (nSPS) is 16.5. The number of carbonyl (C=O) groups excluding carboxylic acids is 3. The highest BCUT2D eigenvalue weighted by molar-refractivity contribution is 5.93. The molecule has 38 heavy (non-hydrogen) atoms. The van der Waals surface area contributed by atoms with Crippen molar-refractivity contribution < 1.29 is 19.1 Å². The third-order valence-corrected chi connectivity index (χ3v) is 7.76. The van der Waals surface area contributed by atoms with Gasteiger partial charge in [-0.3, -0.25) is 9.59 Å². The summed E-state index contributed by atoms with van der Waals surface area (Å²) in [5.74, 6) is -0.673. The quantitative estimate of drug-likeness (QED) is 0.390. The molecular formula is C31H51N3O4. The van der Waals surface area contributed by atoms with Crippen molar-refractivity contribution in [3.05, 3.63) is 34.9 Å². The molecule has 2 atom stereocenters. The summed E-state index contributed by atoms with van der Waals surface area (Å²) in [6.07, 6.45) is 5.26. The average molecular weight is 530 g/mol. The molecule has 1 fully saturated rings. The molecule has 1 aromatic carbocycles. The fourth-order valence-electron chi connectivity index (χ4n) is 5.04. The van der Waals surface area contributed by atoms with Gasteiger partial charge in [0.25, 0.3) is 0 Å². The summed E-state index contributed by atoms with van der Waals surface area (Å²) in [5.41, 5.74) is 1.50. The second-order valence-corrected chi connectivity index (χ2v) is 12.8. The molecule has 1 aromatic rings. The Bertz CT molecular complexity index is 974. The van der Waals surface area contributed by atoms with E-state index in [1.807, 2.05) is 66.7 Å². The maximum atomic E-state index is 14.5. The van der Waals surface area contributed by atoms with Crippen LogP contribution in [-0.2, 0) is 14.3 Å². The molecule has 0 saturated heterocycles. The van der Waals surface area contributed by atoms with Gasteiger partial charge in [-0.05, 0) is 90.3 Å². The SMILES string of the molecule is CCC(C)(C)N(C(=O)C(NC(=O)OC(C)(C)C)C(C)C)C(C(=O)NC1CCCCC1)c1cccc(C)c1C. The predicted molar refractivity (Wildman–Crippen MR) is 153 cm³/mol. The largest absolute Gasteiger partial charge is 0.444 e. The van der Waals surface area contributed by atoms with E-state index in [1.54, 1.807) is 25.7 Å². The van der Waals surface area contributed by atoms with Crippen molar-refractivity contribution in [2.45, 2.75) is 137 Å². The van der Waals surface area contributed by atoms with Crippen molar-refractivity contribution in [2.75, 3.05) is 0 Å². The van der Waals surface area contributed by atoms with Crippen LogP contribution in [0.5, 0.6) is 0 Å². The maximum Gasteiger partial charge on any atom is 0.408 e. The minimum Gasteiger partial charge on any atom is -0.444 e. The lowest BCUT2D eigenvalue weighted by atomic mass is 9.87. The number of hydrogen-bond donors (Lipinski definition) is 2. The van der Waals surface area contributed by atoms with Gasteiger partial charge in [-0.15, -0.1) is 0 Å². The van der Waals surface area contributed by atoms with E-state index in [2.05, 4.69) is 10.6 Å². The number of nitrogens with one attached hydrogen (secondary N) is 2. The molecule has 0 spiro atoms. The average Bonchev–Trinajstić information content (AvgIpc) is 2.81. The molecule has 2 N–H and O–H groups in total. The Labute approximate surface area is 230 Å². The molecule has 1 saturated carbocycles. The van der Waals surface area contributed by atoms with Crippen LogP contribution in [0.4, 0.5) is 4.79 Å². The van der Waals surface area contributed by atoms with Gasteiger partial charge in [0.1, 0.15) is 17.7 Å². The summed E-state index contributed by atoms with van der Waals surface area (Å²) in [6.45, 7) is 19.2. The Balaban J connectivity index is 2.61. The number of hydrogen-bond acceptors (Lipinski definition) is 4. The predicted octanol–water partition coefficient (Wildman–Crippen LogP) is 6.36. The fourth-order valence-corrected chi connectivity index (χ4v) is 5.04. The van der Waals surface area contributed by atoms with Gasteiger partial charge in [-0.2, -0.15) is 0 Å². The Morgan fingerprint density at radius 3 is 2.16 bits per heavy atom. The fraction of sp³-hybridized carbons (Fsp3) is 0.710. The number of carbonyl (C=O) groups is 3. The van der Waals surface area contributed by atoms with E-state index in [-0.39, 0.29) is 23.8 Å². The molecule has 0 aromatic heterocycles. The standard InChI is InChI=1S/C31H51N3O4/c1-11-31(9,10)34(28(36)25(20(2)3)33-29(37)38-30(6,7)8)26(24-19-15-16-21(4)22(24)5)27(35)32-23-17-13-12-14-18-23/h15-16,19-20,23,25-26H,11-14,17-18H2,1-10H3,(H,32,35)(H,33,37). The van der Waals surface area contributed by atoms with Gasteiger partial charge in [0.15, 0.2) is 0 Å². The summed E-state index contributed by atoms with van der Waals surface area (Å²) in [4.78, 5) is 43.1. The lowest BCUT2D eigenvalue weighted by Gasteiger charge is -2.46. The van der Waals surface area contributed by atoms with Crippen LogP contribution in [-0.4, -0.2) is 46.0 Å². The van der Waals surface area contributed by atoms with E-state index in [1.165, 1.54) is 6.42 Å². The second kappa shape index (κ2) is 13.0. The second-order valence-electron chi connectivity index (χ2n) is 12.8. The van der Waals surface area contributed by atoms with Gasteiger partial charge in [0, 0.05) is 11.6 Å². The van der Waals surface area contributed by atoms with Crippen molar-refractivity contribution in [3.63, 3.8) is 0 Å². The molecule has 214 valence electrons. The van der Waals surface area contributed by atoms with Crippen molar-refractivity contribution in [1.82, 2.24) is 15.5 Å². The highest BCUT2D eigenvalue weighted by Gasteiger charge is 2.44. The first-order chi connectivity index (χ1) is 17.6. The summed E-state index contributed by atoms with van der Waals surface area (Å²) in [5, 5.41) is 6.11. The molecule has 0 radical (unpaired) electrons. The van der Waals surface area contributed by atoms with Crippen molar-refractivity contribution in [3.8, 4) is 0 Å². The van der Waals surface area contributed by atoms with Gasteiger partial charge >= 0.3 is 6.09 Å². The first kappa shape index (κ1) is 31.6. The van der Waals surface area contributed by atoms with Gasteiger partial charge in [0.2, 0.25) is 11.8 Å². The molecule has 7 nitrogen and oxygen atoms in total. The lowest BCUT2D eigenvalue weighted by Crippen LogP contribution is -2.61. The van der Waals surface area contributed by atoms with Crippen molar-refractivity contribution in [2.24, 2.45) is 5.92 Å². The molecule has 2 rings (SSSR count). The maximum absolute atomic E-state index is 14.5. The number of rotatable bonds is 9. The molecule has 0 heterocycles. The highest BCUT2D eigenvalue weighted by Crippen LogP contribution is 2.35. The minimum atomic E-state index is -0.856. The number of benzene rings is 1. The molecule has 0 aliphatic heterocycles. The first-order valence-corrected chi connectivity index (χ1v) is 14.3. The Morgan fingerprint density at radius 1 is 1.03 bits per heavy atom. The van der Waals surface area contributed by atoms with Crippen LogP contribution in [0, 0.1) is 19.8 Å². The number of aryl methyl sites for hydroxylation is 1. The molecule has 0 bridgehead atoms. The monoisotopic (exact) mass is 529 g/mol. The summed E-state index contributed by atoms with van der Waals surface area (Å²) < 4.78 is 5.49. The van der Waals surface area contributed by atoms with Crippen LogP contribution in [0.25, 0.3) is 0 Å². The highest BCUT2D eigenvalue weighted by atomic mass is 16.6. The van der Waals surface area contributed by atoms with Gasteiger partial charge in [0.05, 0.1) is 0 Å². The van der Waals surface area contributed by atoms with Gasteiger partial charge in [-0.1, -0.05) is 58.2 Å². The summed E-state index contributed by atoms with van der Waals surface area (Å²) in [7, 11) is 0. The van der Waals surface area contributed by atoms with E-state index in [4.69, 9.17) is 4.74 Å². The third kappa shape index (κ3) is 8.21. The zero-order valence-corrected chi connectivity index (χ0v) is 25.4. The summed E-state index contributed by atoms with van der Waals surface area (Å²) in [6, 6.07) is 4.33. The van der Waals surface area contributed by atoms with Crippen LogP contribution < -0.4 is 10.6 Å². The summed E-state index contributed by atoms with van der Waals surface area (Å²) >= 11 is 0. The topological polar surface area (TPSA) is 87.7 Å². The van der Waals surface area contributed by atoms with E-state index in [9.17, 15) is 14.4 Å². The van der Waals surface area contributed by atoms with Crippen LogP contribution in [0.2, 0.25) is 0 Å². The Kier molecular flexibility index (Phi) is 10.8. The zero-order valence-electron chi connectivity index (χ0n) is 25.4. The van der Waals surface area contributed by atoms with Crippen LogP contribution in [0.3, 0.4) is 0 Å². The van der Waals surface area contributed by atoms with E-state index in [0.717, 1.165) is 42.4 Å². The Morgan fingerprint density at radius 2 is 1.63 bits per heavy atom. The smallest absolute Gasteiger partial charge is 0.408 e. The van der Waals surface area contributed by atoms with E-state index < -0.39 is 29.3 Å². The molecule has 7 heteroatoms. The first-order valence-electron chi connectivity index (χ1n) is 14.3. The number of amides is 3. The lowest BCUT2D eigenvalue weighted by molar-refractivity contribution is -0.150. The number of nitrogens with zero attached hydrogens (tertiary/aromatic N) is 1. The van der Waals surface area contributed by atoms with Gasteiger partial charge < -0.3 is 20.3 Å². The van der Waals surface area contributed by atoms with E-state index >= 15 is 0 Å². The Hall–Kier alpha value is -2.57. The molecule has 1 aliphatic carbocycles. The molecular weight excluding hydrogens is 478 g/mol. The minimum absolute atomic E-state index is 0.103. The van der Waals surface area contributed by atoms with E-state index in [0.29, 0.717) is 6.42 Å². The van der Waals surface area contributed by atoms with Crippen LogP contribution in [0.15, 0.2) is 18.2 Å². The van der Waals surface area contributed by atoms with Crippen molar-refractivity contribution >= 4 is 17.9 Å². The van der Waals surface area contributed by atoms with Gasteiger partial charge in [-0.25, -0.2) is 4.79 Å². The number of alkyl carbamates (subject to hydrolysis) is 1. The third-order valence-electron chi connectivity index (χ3n) is 7.76. The van der Waals surface area contributed by atoms with Crippen molar-refractivity contribution in [1.29, 1.82) is 0 Å². The number of ether oxygens (including phenoxy) is 1. The van der Waals surface area contributed by atoms with Crippen LogP contribution >= 0.6 is 0 Å².